The molecule has 0 atom stereocenters. The largest absolute Gasteiger partial charge is 0.192 e. The van der Waals surface area contributed by atoms with E-state index in [0.717, 1.165) is 17.9 Å². The minimum Gasteiger partial charge on any atom is -0.192 e. The zero-order chi connectivity index (χ0) is 12.8. The van der Waals surface area contributed by atoms with Crippen molar-refractivity contribution in [3.8, 4) is 6.07 Å². The van der Waals surface area contributed by atoms with Crippen LogP contribution in [-0.4, -0.2) is 0 Å². The van der Waals surface area contributed by atoms with Gasteiger partial charge in [0.15, 0.2) is 0 Å². The van der Waals surface area contributed by atoms with E-state index in [-0.39, 0.29) is 0 Å². The standard InChI is InChI=1S/C17H21N/c1-2-3-5-14-8-10-16(11-9-14)17-7-4-6-15(12-17)13-18/h2,4,6-7,12,14,16H,1,3,5,8-11H2. The third kappa shape index (κ3) is 3.23. The predicted molar refractivity (Wildman–Crippen MR) is 75.3 cm³/mol. The van der Waals surface area contributed by atoms with Crippen molar-refractivity contribution in [3.05, 3.63) is 48.0 Å². The molecule has 0 heterocycles. The molecule has 2 rings (SSSR count). The van der Waals surface area contributed by atoms with E-state index in [9.17, 15) is 0 Å². The molecule has 1 aliphatic rings. The van der Waals surface area contributed by atoms with Gasteiger partial charge in [-0.1, -0.05) is 18.2 Å². The number of hydrogen-bond donors (Lipinski definition) is 0. The summed E-state index contributed by atoms with van der Waals surface area (Å²) in [4.78, 5) is 0. The first-order valence-corrected chi connectivity index (χ1v) is 6.94. The summed E-state index contributed by atoms with van der Waals surface area (Å²) in [5, 5.41) is 8.94. The Morgan fingerprint density at radius 2 is 2.06 bits per heavy atom. The maximum Gasteiger partial charge on any atom is 0.0991 e. The molecule has 1 aromatic rings. The maximum absolute atomic E-state index is 8.94. The van der Waals surface area contributed by atoms with Crippen LogP contribution in [-0.2, 0) is 0 Å². The fraction of sp³-hybridized carbons (Fsp3) is 0.471. The van der Waals surface area contributed by atoms with E-state index in [0.29, 0.717) is 5.92 Å². The fourth-order valence-electron chi connectivity index (χ4n) is 3.00. The Hall–Kier alpha value is -1.55. The molecule has 0 bridgehead atoms. The second-order valence-electron chi connectivity index (χ2n) is 5.32. The van der Waals surface area contributed by atoms with Gasteiger partial charge in [-0.2, -0.15) is 5.26 Å². The lowest BCUT2D eigenvalue weighted by Gasteiger charge is -2.28. The molecule has 1 aromatic carbocycles. The van der Waals surface area contributed by atoms with Gasteiger partial charge in [0.2, 0.25) is 0 Å². The third-order valence-corrected chi connectivity index (χ3v) is 4.11. The first-order chi connectivity index (χ1) is 8.83. The van der Waals surface area contributed by atoms with Crippen LogP contribution >= 0.6 is 0 Å². The van der Waals surface area contributed by atoms with Crippen LogP contribution in [0.1, 0.15) is 55.6 Å². The van der Waals surface area contributed by atoms with Crippen LogP contribution in [0.3, 0.4) is 0 Å². The molecule has 0 aliphatic heterocycles. The van der Waals surface area contributed by atoms with E-state index in [1.165, 1.54) is 37.7 Å². The minimum atomic E-state index is 0.665. The van der Waals surface area contributed by atoms with E-state index in [1.807, 2.05) is 18.2 Å². The molecule has 1 aliphatic carbocycles. The summed E-state index contributed by atoms with van der Waals surface area (Å²) in [6.07, 6.45) is 9.69. The second-order valence-corrected chi connectivity index (χ2v) is 5.32. The molecule has 0 saturated heterocycles. The van der Waals surface area contributed by atoms with Crippen LogP contribution < -0.4 is 0 Å². The molecule has 1 nitrogen and oxygen atoms in total. The van der Waals surface area contributed by atoms with Crippen LogP contribution in [0.4, 0.5) is 0 Å². The number of nitriles is 1. The molecule has 0 spiro atoms. The number of allylic oxidation sites excluding steroid dienone is 1. The Kier molecular flexibility index (Phi) is 4.59. The van der Waals surface area contributed by atoms with Crippen molar-refractivity contribution in [2.24, 2.45) is 5.92 Å². The summed E-state index contributed by atoms with van der Waals surface area (Å²) in [5.41, 5.74) is 2.15. The quantitative estimate of drug-likeness (QED) is 0.692. The number of rotatable bonds is 4. The lowest BCUT2D eigenvalue weighted by molar-refractivity contribution is 0.312. The van der Waals surface area contributed by atoms with Crippen LogP contribution in [0, 0.1) is 17.2 Å². The van der Waals surface area contributed by atoms with Gasteiger partial charge in [-0.25, -0.2) is 0 Å². The van der Waals surface area contributed by atoms with E-state index in [4.69, 9.17) is 5.26 Å². The average molecular weight is 239 g/mol. The Morgan fingerprint density at radius 3 is 2.72 bits per heavy atom. The van der Waals surface area contributed by atoms with Gasteiger partial charge in [0, 0.05) is 0 Å². The van der Waals surface area contributed by atoms with Gasteiger partial charge in [-0.15, -0.1) is 6.58 Å². The molecule has 18 heavy (non-hydrogen) atoms. The molecule has 0 N–H and O–H groups in total. The normalized spacial score (nSPS) is 23.3. The monoisotopic (exact) mass is 239 g/mol. The SMILES string of the molecule is C=CCCC1CCC(c2cccc(C#N)c2)CC1. The smallest absolute Gasteiger partial charge is 0.0991 e. The summed E-state index contributed by atoms with van der Waals surface area (Å²) >= 11 is 0. The second kappa shape index (κ2) is 6.40. The van der Waals surface area contributed by atoms with Gasteiger partial charge in [0.25, 0.3) is 0 Å². The summed E-state index contributed by atoms with van der Waals surface area (Å²) in [5.74, 6) is 1.55. The number of nitrogens with zero attached hydrogens (tertiary/aromatic N) is 1. The highest BCUT2D eigenvalue weighted by Gasteiger charge is 2.21. The van der Waals surface area contributed by atoms with Crippen molar-refractivity contribution in [1.82, 2.24) is 0 Å². The van der Waals surface area contributed by atoms with Crippen molar-refractivity contribution in [2.45, 2.75) is 44.4 Å². The van der Waals surface area contributed by atoms with Crippen molar-refractivity contribution in [1.29, 1.82) is 5.26 Å². The summed E-state index contributed by atoms with van der Waals surface area (Å²) < 4.78 is 0. The third-order valence-electron chi connectivity index (χ3n) is 4.11. The van der Waals surface area contributed by atoms with E-state index < -0.39 is 0 Å². The Morgan fingerprint density at radius 1 is 1.28 bits per heavy atom. The van der Waals surface area contributed by atoms with Crippen LogP contribution in [0.15, 0.2) is 36.9 Å². The molecule has 0 amide bonds. The topological polar surface area (TPSA) is 23.8 Å². The Bertz CT molecular complexity index is 433. The van der Waals surface area contributed by atoms with Gasteiger partial charge < -0.3 is 0 Å². The Labute approximate surface area is 110 Å². The van der Waals surface area contributed by atoms with Gasteiger partial charge in [-0.05, 0) is 68.1 Å². The lowest BCUT2D eigenvalue weighted by atomic mass is 9.77. The fourth-order valence-corrected chi connectivity index (χ4v) is 3.00. The van der Waals surface area contributed by atoms with Gasteiger partial charge in [0.1, 0.15) is 0 Å². The van der Waals surface area contributed by atoms with Crippen molar-refractivity contribution < 1.29 is 0 Å². The molecule has 94 valence electrons. The molecule has 0 aromatic heterocycles. The zero-order valence-corrected chi connectivity index (χ0v) is 10.9. The number of benzene rings is 1. The highest BCUT2D eigenvalue weighted by atomic mass is 14.3. The highest BCUT2D eigenvalue weighted by Crippen LogP contribution is 2.37. The van der Waals surface area contributed by atoms with Crippen molar-refractivity contribution in [2.75, 3.05) is 0 Å². The predicted octanol–water partition coefficient (Wildman–Crippen LogP) is 4.80. The molecular formula is C17H21N. The minimum absolute atomic E-state index is 0.665. The maximum atomic E-state index is 8.94. The Balaban J connectivity index is 1.93. The number of hydrogen-bond acceptors (Lipinski definition) is 1. The van der Waals surface area contributed by atoms with Crippen molar-refractivity contribution in [3.63, 3.8) is 0 Å². The molecule has 1 saturated carbocycles. The summed E-state index contributed by atoms with van der Waals surface area (Å²) in [6.45, 7) is 3.80. The molecular weight excluding hydrogens is 218 g/mol. The van der Waals surface area contributed by atoms with E-state index in [2.05, 4.69) is 24.8 Å². The van der Waals surface area contributed by atoms with E-state index >= 15 is 0 Å². The van der Waals surface area contributed by atoms with Gasteiger partial charge >= 0.3 is 0 Å². The first kappa shape index (κ1) is 12.9. The summed E-state index contributed by atoms with van der Waals surface area (Å²) in [7, 11) is 0. The highest BCUT2D eigenvalue weighted by molar-refractivity contribution is 5.34. The van der Waals surface area contributed by atoms with Crippen LogP contribution in [0.2, 0.25) is 0 Å². The molecule has 1 fully saturated rings. The molecule has 1 heteroatoms. The molecule has 0 radical (unpaired) electrons. The van der Waals surface area contributed by atoms with Gasteiger partial charge in [-0.3, -0.25) is 0 Å². The van der Waals surface area contributed by atoms with Crippen LogP contribution in [0.5, 0.6) is 0 Å². The van der Waals surface area contributed by atoms with E-state index in [1.54, 1.807) is 0 Å². The molecule has 0 unspecified atom stereocenters. The lowest BCUT2D eigenvalue weighted by Crippen LogP contribution is -2.13. The summed E-state index contributed by atoms with van der Waals surface area (Å²) in [6, 6.07) is 10.4. The van der Waals surface area contributed by atoms with Gasteiger partial charge in [0.05, 0.1) is 11.6 Å². The first-order valence-electron chi connectivity index (χ1n) is 6.94. The zero-order valence-electron chi connectivity index (χ0n) is 10.9. The van der Waals surface area contributed by atoms with Crippen molar-refractivity contribution >= 4 is 0 Å². The van der Waals surface area contributed by atoms with Crippen LogP contribution in [0.25, 0.3) is 0 Å². The average Bonchev–Trinajstić information content (AvgIpc) is 2.46.